The minimum Gasteiger partial charge on any atom is -0.207 e. The van der Waals surface area contributed by atoms with Gasteiger partial charge in [0.2, 0.25) is 10.0 Å². The quantitative estimate of drug-likeness (QED) is 0.859. The summed E-state index contributed by atoms with van der Waals surface area (Å²) in [6.45, 7) is 3.53. The van der Waals surface area contributed by atoms with Crippen LogP contribution in [0.4, 0.5) is 0 Å². The average molecular weight is 293 g/mol. The predicted octanol–water partition coefficient (Wildman–Crippen LogP) is 3.06. The van der Waals surface area contributed by atoms with Gasteiger partial charge in [-0.2, -0.15) is 4.31 Å². The molecule has 2 aliphatic rings. The van der Waals surface area contributed by atoms with Gasteiger partial charge < -0.3 is 0 Å². The molecular formula is C16H23NO2S. The number of rotatable bonds is 3. The van der Waals surface area contributed by atoms with Crippen LogP contribution < -0.4 is 0 Å². The molecule has 1 heterocycles. The molecule has 0 aromatic heterocycles. The molecule has 110 valence electrons. The Hall–Kier alpha value is -0.870. The number of nitrogens with zero attached hydrogens (tertiary/aromatic N) is 1. The maximum Gasteiger partial charge on any atom is 0.243 e. The number of hydrogen-bond acceptors (Lipinski definition) is 2. The Bertz CT molecular complexity index is 551. The average Bonchev–Trinajstić information content (AvgIpc) is 2.92. The fourth-order valence-corrected chi connectivity index (χ4v) is 5.16. The summed E-state index contributed by atoms with van der Waals surface area (Å²) in [4.78, 5) is 0.452. The zero-order chi connectivity index (χ0) is 14.2. The summed E-state index contributed by atoms with van der Waals surface area (Å²) < 4.78 is 27.1. The molecule has 1 saturated carbocycles. The van der Waals surface area contributed by atoms with Crippen LogP contribution in [-0.4, -0.2) is 25.8 Å². The van der Waals surface area contributed by atoms with E-state index in [1.54, 1.807) is 16.4 Å². The van der Waals surface area contributed by atoms with Crippen molar-refractivity contribution in [2.75, 3.05) is 13.1 Å². The normalized spacial score (nSPS) is 27.4. The van der Waals surface area contributed by atoms with Crippen molar-refractivity contribution in [3.05, 3.63) is 29.8 Å². The van der Waals surface area contributed by atoms with E-state index in [2.05, 4.69) is 6.92 Å². The van der Waals surface area contributed by atoms with Crippen LogP contribution in [0.3, 0.4) is 0 Å². The SMILES string of the molecule is CCc1ccc(S(=O)(=O)N2CC3CCCCC3C2)cc1. The molecule has 0 amide bonds. The molecule has 1 aliphatic heterocycles. The van der Waals surface area contributed by atoms with Gasteiger partial charge in [-0.25, -0.2) is 8.42 Å². The molecule has 0 radical (unpaired) electrons. The molecule has 1 aliphatic carbocycles. The van der Waals surface area contributed by atoms with E-state index in [-0.39, 0.29) is 0 Å². The van der Waals surface area contributed by atoms with E-state index in [1.807, 2.05) is 12.1 Å². The lowest BCUT2D eigenvalue weighted by Crippen LogP contribution is -2.29. The van der Waals surface area contributed by atoms with Gasteiger partial charge in [-0.3, -0.25) is 0 Å². The monoisotopic (exact) mass is 293 g/mol. The number of fused-ring (bicyclic) bond motifs is 1. The van der Waals surface area contributed by atoms with Crippen LogP contribution in [0.1, 0.15) is 38.2 Å². The van der Waals surface area contributed by atoms with Crippen LogP contribution in [0.15, 0.2) is 29.2 Å². The van der Waals surface area contributed by atoms with Gasteiger partial charge in [-0.05, 0) is 48.8 Å². The van der Waals surface area contributed by atoms with E-state index in [4.69, 9.17) is 0 Å². The lowest BCUT2D eigenvalue weighted by molar-refractivity contribution is 0.299. The fourth-order valence-electron chi connectivity index (χ4n) is 3.61. The van der Waals surface area contributed by atoms with E-state index in [0.717, 1.165) is 19.5 Å². The van der Waals surface area contributed by atoms with Crippen LogP contribution in [0, 0.1) is 11.8 Å². The van der Waals surface area contributed by atoms with Crippen molar-refractivity contribution in [1.82, 2.24) is 4.31 Å². The van der Waals surface area contributed by atoms with Crippen LogP contribution in [0.5, 0.6) is 0 Å². The highest BCUT2D eigenvalue weighted by Gasteiger charge is 2.39. The van der Waals surface area contributed by atoms with Crippen LogP contribution >= 0.6 is 0 Å². The lowest BCUT2D eigenvalue weighted by atomic mass is 9.82. The first-order valence-electron chi connectivity index (χ1n) is 7.70. The molecule has 3 nitrogen and oxygen atoms in total. The highest BCUT2D eigenvalue weighted by atomic mass is 32.2. The first-order chi connectivity index (χ1) is 9.61. The van der Waals surface area contributed by atoms with Crippen LogP contribution in [0.2, 0.25) is 0 Å². The summed E-state index contributed by atoms with van der Waals surface area (Å²) in [5.74, 6) is 1.18. The summed E-state index contributed by atoms with van der Waals surface area (Å²) in [6.07, 6.45) is 5.87. The molecule has 0 bridgehead atoms. The number of aryl methyl sites for hydroxylation is 1. The van der Waals surface area contributed by atoms with Crippen molar-refractivity contribution in [3.63, 3.8) is 0 Å². The van der Waals surface area contributed by atoms with Crippen LogP contribution in [0.25, 0.3) is 0 Å². The molecule has 1 saturated heterocycles. The van der Waals surface area contributed by atoms with Gasteiger partial charge in [0.1, 0.15) is 0 Å². The molecule has 4 heteroatoms. The Labute approximate surface area is 122 Å². The van der Waals surface area contributed by atoms with E-state index < -0.39 is 10.0 Å². The maximum atomic E-state index is 12.7. The molecule has 0 spiro atoms. The van der Waals surface area contributed by atoms with Crippen molar-refractivity contribution in [2.24, 2.45) is 11.8 Å². The molecule has 1 aromatic rings. The summed E-state index contributed by atoms with van der Waals surface area (Å²) in [7, 11) is -3.29. The lowest BCUT2D eigenvalue weighted by Gasteiger charge is -2.22. The van der Waals surface area contributed by atoms with E-state index in [9.17, 15) is 8.42 Å². The van der Waals surface area contributed by atoms with Gasteiger partial charge >= 0.3 is 0 Å². The molecule has 1 aromatic carbocycles. The number of sulfonamides is 1. The standard InChI is InChI=1S/C16H23NO2S/c1-2-13-7-9-16(10-8-13)20(18,19)17-11-14-5-3-4-6-15(14)12-17/h7-10,14-15H,2-6,11-12H2,1H3. The Morgan fingerprint density at radius 3 is 2.10 bits per heavy atom. The predicted molar refractivity (Wildman–Crippen MR) is 80.0 cm³/mol. The molecule has 3 rings (SSSR count). The van der Waals surface area contributed by atoms with Crippen molar-refractivity contribution >= 4 is 10.0 Å². The third kappa shape index (κ3) is 2.51. The van der Waals surface area contributed by atoms with Crippen molar-refractivity contribution in [3.8, 4) is 0 Å². The van der Waals surface area contributed by atoms with Gasteiger partial charge in [0.15, 0.2) is 0 Å². The molecule has 2 atom stereocenters. The Balaban J connectivity index is 1.81. The van der Waals surface area contributed by atoms with E-state index >= 15 is 0 Å². The molecule has 2 unspecified atom stereocenters. The number of benzene rings is 1. The third-order valence-corrected chi connectivity index (χ3v) is 6.76. The summed E-state index contributed by atoms with van der Waals surface area (Å²) in [5.41, 5.74) is 1.18. The zero-order valence-electron chi connectivity index (χ0n) is 12.1. The summed E-state index contributed by atoms with van der Waals surface area (Å²) >= 11 is 0. The Morgan fingerprint density at radius 2 is 1.60 bits per heavy atom. The molecular weight excluding hydrogens is 270 g/mol. The topological polar surface area (TPSA) is 37.4 Å². The molecule has 0 N–H and O–H groups in total. The van der Waals surface area contributed by atoms with Gasteiger partial charge in [0.25, 0.3) is 0 Å². The molecule has 2 fully saturated rings. The Kier molecular flexibility index (Phi) is 3.87. The van der Waals surface area contributed by atoms with Crippen molar-refractivity contribution < 1.29 is 8.42 Å². The first-order valence-corrected chi connectivity index (χ1v) is 9.14. The highest BCUT2D eigenvalue weighted by molar-refractivity contribution is 7.89. The zero-order valence-corrected chi connectivity index (χ0v) is 12.9. The first kappa shape index (κ1) is 14.1. The second kappa shape index (κ2) is 5.49. The summed E-state index contributed by atoms with van der Waals surface area (Å²) in [6, 6.07) is 7.37. The minimum absolute atomic E-state index is 0.452. The van der Waals surface area contributed by atoms with Gasteiger partial charge in [0.05, 0.1) is 4.90 Å². The highest BCUT2D eigenvalue weighted by Crippen LogP contribution is 2.38. The van der Waals surface area contributed by atoms with Crippen LogP contribution in [-0.2, 0) is 16.4 Å². The van der Waals surface area contributed by atoms with E-state index in [0.29, 0.717) is 16.7 Å². The molecule has 20 heavy (non-hydrogen) atoms. The Morgan fingerprint density at radius 1 is 1.05 bits per heavy atom. The fraction of sp³-hybridized carbons (Fsp3) is 0.625. The smallest absolute Gasteiger partial charge is 0.207 e. The second-order valence-electron chi connectivity index (χ2n) is 6.12. The minimum atomic E-state index is -3.29. The van der Waals surface area contributed by atoms with E-state index in [1.165, 1.54) is 31.2 Å². The summed E-state index contributed by atoms with van der Waals surface area (Å²) in [5, 5.41) is 0. The maximum absolute atomic E-state index is 12.7. The van der Waals surface area contributed by atoms with Gasteiger partial charge in [-0.1, -0.05) is 31.9 Å². The third-order valence-electron chi connectivity index (χ3n) is 4.91. The second-order valence-corrected chi connectivity index (χ2v) is 8.06. The number of hydrogen-bond donors (Lipinski definition) is 0. The van der Waals surface area contributed by atoms with Gasteiger partial charge in [-0.15, -0.1) is 0 Å². The van der Waals surface area contributed by atoms with Crippen molar-refractivity contribution in [2.45, 2.75) is 43.9 Å². The van der Waals surface area contributed by atoms with Gasteiger partial charge in [0, 0.05) is 13.1 Å². The largest absolute Gasteiger partial charge is 0.243 e. The van der Waals surface area contributed by atoms with Crippen molar-refractivity contribution in [1.29, 1.82) is 0 Å².